The minimum absolute atomic E-state index is 0.0665. The van der Waals surface area contributed by atoms with Gasteiger partial charge in [0.15, 0.2) is 5.69 Å². The van der Waals surface area contributed by atoms with E-state index in [0.29, 0.717) is 0 Å². The van der Waals surface area contributed by atoms with Gasteiger partial charge in [0.1, 0.15) is 11.4 Å². The first-order chi connectivity index (χ1) is 14.4. The van der Waals surface area contributed by atoms with Crippen LogP contribution in [0.5, 0.6) is 0 Å². The van der Waals surface area contributed by atoms with Gasteiger partial charge in [-0.15, -0.1) is 0 Å². The Morgan fingerprint density at radius 3 is 2.00 bits per heavy atom. The van der Waals surface area contributed by atoms with Crippen LogP contribution in [-0.4, -0.2) is 4.57 Å². The Morgan fingerprint density at radius 2 is 1.47 bits per heavy atom. The summed E-state index contributed by atoms with van der Waals surface area (Å²) in [6, 6.07) is 8.93. The van der Waals surface area contributed by atoms with Gasteiger partial charge in [-0.05, 0) is 82.9 Å². The molecule has 0 atom stereocenters. The minimum atomic E-state index is 0.0665. The Labute approximate surface area is 183 Å². The molecule has 0 radical (unpaired) electrons. The second kappa shape index (κ2) is 7.11. The van der Waals surface area contributed by atoms with Crippen molar-refractivity contribution in [3.8, 4) is 5.69 Å². The summed E-state index contributed by atoms with van der Waals surface area (Å²) in [5.41, 5.74) is 6.10. The van der Waals surface area contributed by atoms with E-state index < -0.39 is 0 Å². The van der Waals surface area contributed by atoms with Crippen molar-refractivity contribution in [1.82, 2.24) is 4.57 Å². The Kier molecular flexibility index (Phi) is 4.76. The highest BCUT2D eigenvalue weighted by Gasteiger charge is 2.56. The van der Waals surface area contributed by atoms with E-state index in [4.69, 9.17) is 0 Å². The summed E-state index contributed by atoms with van der Waals surface area (Å²) in [7, 11) is 0. The first-order valence-electron chi connectivity index (χ1n) is 12.3. The maximum absolute atomic E-state index is 2.67. The van der Waals surface area contributed by atoms with Gasteiger partial charge in [0.25, 0.3) is 5.82 Å². The summed E-state index contributed by atoms with van der Waals surface area (Å²) in [4.78, 5) is 0. The maximum atomic E-state index is 2.67. The summed E-state index contributed by atoms with van der Waals surface area (Å²) in [6.07, 6.45) is 16.4. The van der Waals surface area contributed by atoms with Crippen LogP contribution < -0.4 is 4.57 Å². The first-order valence-corrected chi connectivity index (χ1v) is 12.3. The topological polar surface area (TPSA) is 8.81 Å². The van der Waals surface area contributed by atoms with Crippen molar-refractivity contribution in [3.63, 3.8) is 0 Å². The quantitative estimate of drug-likeness (QED) is 0.499. The number of para-hydroxylation sites is 1. The molecule has 2 aliphatic carbocycles. The van der Waals surface area contributed by atoms with Crippen molar-refractivity contribution in [2.45, 2.75) is 96.8 Å². The first kappa shape index (κ1) is 20.1. The average Bonchev–Trinajstić information content (AvgIpc) is 3.48. The molecule has 30 heavy (non-hydrogen) atoms. The molecular weight excluding hydrogens is 364 g/mol. The van der Waals surface area contributed by atoms with Crippen molar-refractivity contribution < 1.29 is 4.57 Å². The monoisotopic (exact) mass is 403 g/mol. The number of allylic oxidation sites excluding steroid dienone is 1. The normalized spacial score (nSPS) is 21.6. The van der Waals surface area contributed by atoms with Crippen LogP contribution in [0.4, 0.5) is 0 Å². The van der Waals surface area contributed by atoms with Crippen LogP contribution in [0, 0.1) is 25.7 Å². The number of aryl methyl sites for hydroxylation is 1. The number of rotatable bonds is 3. The number of nitrogens with zero attached hydrogens (tertiary/aromatic N) is 2. The van der Waals surface area contributed by atoms with Crippen LogP contribution in [0.3, 0.4) is 0 Å². The van der Waals surface area contributed by atoms with Crippen molar-refractivity contribution in [3.05, 3.63) is 53.1 Å². The smallest absolute Gasteiger partial charge is 0.202 e. The summed E-state index contributed by atoms with van der Waals surface area (Å²) in [6.45, 7) is 11.8. The third-order valence-electron chi connectivity index (χ3n) is 8.36. The highest BCUT2D eigenvalue weighted by Crippen LogP contribution is 2.55. The van der Waals surface area contributed by atoms with Crippen molar-refractivity contribution in [2.24, 2.45) is 11.8 Å². The molecule has 2 saturated carbocycles. The van der Waals surface area contributed by atoms with E-state index in [2.05, 4.69) is 80.3 Å². The molecule has 1 aliphatic heterocycles. The van der Waals surface area contributed by atoms with Gasteiger partial charge in [-0.2, -0.15) is 4.57 Å². The molecule has 0 unspecified atom stereocenters. The van der Waals surface area contributed by atoms with Crippen molar-refractivity contribution >= 4 is 6.20 Å². The van der Waals surface area contributed by atoms with Crippen LogP contribution in [0.2, 0.25) is 0 Å². The van der Waals surface area contributed by atoms with Gasteiger partial charge in [0.2, 0.25) is 0 Å². The molecule has 0 spiro atoms. The molecule has 0 saturated heterocycles. The zero-order valence-corrected chi connectivity index (χ0v) is 19.7. The van der Waals surface area contributed by atoms with Crippen LogP contribution in [0.25, 0.3) is 11.9 Å². The number of imidazole rings is 1. The lowest BCUT2D eigenvalue weighted by molar-refractivity contribution is -0.588. The van der Waals surface area contributed by atoms with Crippen LogP contribution in [0.15, 0.2) is 30.3 Å². The van der Waals surface area contributed by atoms with E-state index in [1.165, 1.54) is 74.1 Å². The molecule has 3 aliphatic rings. The molecule has 1 aromatic carbocycles. The predicted molar refractivity (Wildman–Crippen MR) is 125 cm³/mol. The molecule has 0 amide bonds. The minimum Gasteiger partial charge on any atom is -0.202 e. The standard InChI is InChI=1S/C28H39N2/c1-20-12-6-11-17-24(20)30-21(2)25-28(22-13-7-8-14-22,23-15-9-10-16-23)18-19-29(25)26(30)27(3,4)5/h6,11-12,17-19,22-23H,7-10,13-16H2,1-5H3/q+1. The highest BCUT2D eigenvalue weighted by atomic mass is 15.2. The third kappa shape index (κ3) is 2.78. The lowest BCUT2D eigenvalue weighted by Gasteiger charge is -2.38. The van der Waals surface area contributed by atoms with Crippen LogP contribution >= 0.6 is 0 Å². The van der Waals surface area contributed by atoms with E-state index in [1.807, 2.05) is 0 Å². The molecule has 0 N–H and O–H groups in total. The molecule has 5 rings (SSSR count). The predicted octanol–water partition coefficient (Wildman–Crippen LogP) is 6.78. The van der Waals surface area contributed by atoms with Gasteiger partial charge < -0.3 is 0 Å². The van der Waals surface area contributed by atoms with Gasteiger partial charge in [-0.25, -0.2) is 4.57 Å². The Balaban J connectivity index is 1.80. The van der Waals surface area contributed by atoms with E-state index in [1.54, 1.807) is 5.69 Å². The van der Waals surface area contributed by atoms with Gasteiger partial charge >= 0.3 is 0 Å². The number of benzene rings is 1. The number of fused-ring (bicyclic) bond motifs is 1. The number of hydrogen-bond acceptors (Lipinski definition) is 0. The maximum Gasteiger partial charge on any atom is 0.272 e. The van der Waals surface area contributed by atoms with E-state index >= 15 is 0 Å². The van der Waals surface area contributed by atoms with E-state index in [0.717, 1.165) is 11.8 Å². The van der Waals surface area contributed by atoms with E-state index in [9.17, 15) is 0 Å². The fourth-order valence-electron chi connectivity index (χ4n) is 7.20. The second-order valence-corrected chi connectivity index (χ2v) is 11.2. The summed E-state index contributed by atoms with van der Waals surface area (Å²) in [5, 5.41) is 0. The second-order valence-electron chi connectivity index (χ2n) is 11.2. The number of hydrogen-bond donors (Lipinski definition) is 0. The molecule has 2 heteroatoms. The van der Waals surface area contributed by atoms with Gasteiger partial charge in [-0.1, -0.05) is 43.9 Å². The molecular formula is C28H39N2+. The highest BCUT2D eigenvalue weighted by molar-refractivity contribution is 5.48. The Hall–Kier alpha value is -1.83. The molecule has 2 nitrogen and oxygen atoms in total. The fraction of sp³-hybridized carbons (Fsp3) is 0.607. The summed E-state index contributed by atoms with van der Waals surface area (Å²) < 4.78 is 5.23. The molecule has 1 aromatic heterocycles. The molecule has 160 valence electrons. The molecule has 2 fully saturated rings. The van der Waals surface area contributed by atoms with Crippen molar-refractivity contribution in [1.29, 1.82) is 0 Å². The van der Waals surface area contributed by atoms with Crippen LogP contribution in [-0.2, 0) is 10.8 Å². The average molecular weight is 404 g/mol. The lowest BCUT2D eigenvalue weighted by Crippen LogP contribution is -2.45. The third-order valence-corrected chi connectivity index (χ3v) is 8.36. The SMILES string of the molecule is Cc1ccccc1-n1c(C)c2[n+](c1C(C)(C)C)C=CC2(C1CCCC1)C1CCCC1. The summed E-state index contributed by atoms with van der Waals surface area (Å²) >= 11 is 0. The Bertz CT molecular complexity index is 957. The lowest BCUT2D eigenvalue weighted by atomic mass is 9.63. The molecule has 0 bridgehead atoms. The van der Waals surface area contributed by atoms with Crippen LogP contribution in [0.1, 0.15) is 94.9 Å². The molecule has 2 heterocycles. The van der Waals surface area contributed by atoms with Gasteiger partial charge in [-0.3, -0.25) is 0 Å². The number of aromatic nitrogens is 2. The van der Waals surface area contributed by atoms with Gasteiger partial charge in [0.05, 0.1) is 17.0 Å². The zero-order valence-electron chi connectivity index (χ0n) is 19.7. The fourth-order valence-corrected chi connectivity index (χ4v) is 7.20. The van der Waals surface area contributed by atoms with E-state index in [-0.39, 0.29) is 10.8 Å². The van der Waals surface area contributed by atoms with Crippen molar-refractivity contribution in [2.75, 3.05) is 0 Å². The largest absolute Gasteiger partial charge is 0.272 e. The summed E-state index contributed by atoms with van der Waals surface area (Å²) in [5.74, 6) is 3.05. The zero-order chi connectivity index (χ0) is 21.1. The Morgan fingerprint density at radius 1 is 0.900 bits per heavy atom. The molecule has 2 aromatic rings. The van der Waals surface area contributed by atoms with Gasteiger partial charge in [0, 0.05) is 6.92 Å².